The van der Waals surface area contributed by atoms with E-state index in [2.05, 4.69) is 15.4 Å². The van der Waals surface area contributed by atoms with Crippen LogP contribution in [-0.2, 0) is 14.8 Å². The summed E-state index contributed by atoms with van der Waals surface area (Å²) < 4.78 is 51.1. The summed E-state index contributed by atoms with van der Waals surface area (Å²) in [6.07, 6.45) is 1.50. The number of ether oxygens (including phenoxy) is 2. The van der Waals surface area contributed by atoms with Gasteiger partial charge in [0, 0.05) is 53.3 Å². The molecule has 1 aliphatic rings. The largest absolute Gasteiger partial charge is 0.492 e. The third kappa shape index (κ3) is 7.44. The number of carbonyl (C=O) groups excluding carboxylic acids is 1. The Morgan fingerprint density at radius 3 is 2.61 bits per heavy atom. The Balaban J connectivity index is 1.80. The summed E-state index contributed by atoms with van der Waals surface area (Å²) in [5.41, 5.74) is 0.666. The Morgan fingerprint density at radius 1 is 1.21 bits per heavy atom. The highest BCUT2D eigenvalue weighted by atomic mass is 127. The first kappa shape index (κ1) is 25.5. The molecule has 0 spiro atoms. The van der Waals surface area contributed by atoms with Crippen molar-refractivity contribution in [1.82, 2.24) is 5.32 Å². The summed E-state index contributed by atoms with van der Waals surface area (Å²) >= 11 is 1.49. The number of alkyl halides is 2. The Bertz CT molecular complexity index is 1090. The number of piperidine rings is 1. The Labute approximate surface area is 206 Å². The summed E-state index contributed by atoms with van der Waals surface area (Å²) in [6, 6.07) is 10.4. The molecule has 3 N–H and O–H groups in total. The van der Waals surface area contributed by atoms with Gasteiger partial charge in [0.15, 0.2) is 0 Å². The summed E-state index contributed by atoms with van der Waals surface area (Å²) in [5, 5.41) is 6.07. The Morgan fingerprint density at radius 2 is 1.94 bits per heavy atom. The van der Waals surface area contributed by atoms with Gasteiger partial charge < -0.3 is 20.1 Å². The molecule has 1 atom stereocenters. The van der Waals surface area contributed by atoms with Gasteiger partial charge in [0.05, 0.1) is 12.3 Å². The van der Waals surface area contributed by atoms with Gasteiger partial charge >= 0.3 is 0 Å². The molecule has 33 heavy (non-hydrogen) atoms. The van der Waals surface area contributed by atoms with Crippen molar-refractivity contribution >= 4 is 49.9 Å². The molecule has 1 unspecified atom stereocenters. The van der Waals surface area contributed by atoms with Crippen LogP contribution in [0.5, 0.6) is 11.5 Å². The van der Waals surface area contributed by atoms with E-state index in [4.69, 9.17) is 9.47 Å². The van der Waals surface area contributed by atoms with Gasteiger partial charge in [-0.25, -0.2) is 8.42 Å². The van der Waals surface area contributed by atoms with Gasteiger partial charge in [0.25, 0.3) is 13.9 Å². The lowest BCUT2D eigenvalue weighted by Gasteiger charge is -2.22. The number of sulfonamides is 1. The number of amides is 1. The molecule has 2 aromatic carbocycles. The van der Waals surface area contributed by atoms with Crippen LogP contribution < -0.4 is 24.8 Å². The molecule has 1 saturated heterocycles. The lowest BCUT2D eigenvalue weighted by Crippen LogP contribution is -2.34. The number of rotatable bonds is 9. The first-order valence-electron chi connectivity index (χ1n) is 10.6. The lowest BCUT2D eigenvalue weighted by atomic mass is 9.97. The molecular weight excluding hydrogens is 564 g/mol. The number of nitrogens with one attached hydrogen (secondary N) is 3. The van der Waals surface area contributed by atoms with E-state index in [-0.39, 0.29) is 40.5 Å². The van der Waals surface area contributed by atoms with E-state index in [1.54, 1.807) is 13.0 Å². The normalized spacial score (nSPS) is 16.5. The summed E-state index contributed by atoms with van der Waals surface area (Å²) in [7, 11) is -4.04. The molecule has 0 aromatic heterocycles. The van der Waals surface area contributed by atoms with Crippen molar-refractivity contribution < 1.29 is 27.1 Å². The van der Waals surface area contributed by atoms with Crippen LogP contribution in [0.25, 0.3) is 0 Å². The second-order valence-corrected chi connectivity index (χ2v) is 11.2. The van der Waals surface area contributed by atoms with Gasteiger partial charge in [-0.3, -0.25) is 9.52 Å². The first-order chi connectivity index (χ1) is 15.6. The minimum atomic E-state index is -4.04. The number of anilines is 2. The number of halogens is 2. The molecule has 180 valence electrons. The summed E-state index contributed by atoms with van der Waals surface area (Å²) in [6.45, 7) is 4.80. The van der Waals surface area contributed by atoms with E-state index in [0.717, 1.165) is 25.9 Å². The standard InChI is InChI=1S/C22H27FIN3O5S/c1-3-31-19-14-16(26-21(28)15-9-11-25-12-10-15)7-8-20(19)33(29,30)27-17-5-4-6-18(13-17)32-22(2,23)24/h4-8,13-15,25,27H,3,9-12H2,1-2H3,(H,26,28). The molecule has 0 aliphatic carbocycles. The lowest BCUT2D eigenvalue weighted by molar-refractivity contribution is -0.120. The summed E-state index contributed by atoms with van der Waals surface area (Å²) in [4.78, 5) is 12.5. The van der Waals surface area contributed by atoms with E-state index < -0.39 is 13.9 Å². The van der Waals surface area contributed by atoms with Crippen molar-refractivity contribution in [3.63, 3.8) is 0 Å². The zero-order valence-electron chi connectivity index (χ0n) is 18.4. The fourth-order valence-electron chi connectivity index (χ4n) is 3.44. The molecule has 1 fully saturated rings. The van der Waals surface area contributed by atoms with E-state index in [1.807, 2.05) is 0 Å². The van der Waals surface area contributed by atoms with Crippen molar-refractivity contribution in [3.05, 3.63) is 42.5 Å². The number of hydrogen-bond donors (Lipinski definition) is 3. The second kappa shape index (κ2) is 10.9. The van der Waals surface area contributed by atoms with Gasteiger partial charge in [0.2, 0.25) is 5.91 Å². The minimum absolute atomic E-state index is 0.0836. The molecule has 0 radical (unpaired) electrons. The molecule has 2 aromatic rings. The van der Waals surface area contributed by atoms with Crippen molar-refractivity contribution in [2.24, 2.45) is 5.92 Å². The van der Waals surface area contributed by atoms with E-state index >= 15 is 0 Å². The quantitative estimate of drug-likeness (QED) is 0.297. The van der Waals surface area contributed by atoms with Crippen LogP contribution in [0.3, 0.4) is 0 Å². The van der Waals surface area contributed by atoms with Crippen LogP contribution in [0.1, 0.15) is 26.7 Å². The highest BCUT2D eigenvalue weighted by Gasteiger charge is 2.24. The average Bonchev–Trinajstić information content (AvgIpc) is 2.73. The molecule has 0 saturated carbocycles. The maximum absolute atomic E-state index is 13.8. The molecule has 1 aliphatic heterocycles. The molecule has 0 bridgehead atoms. The average molecular weight is 591 g/mol. The van der Waals surface area contributed by atoms with Crippen molar-refractivity contribution in [3.8, 4) is 11.5 Å². The van der Waals surface area contributed by atoms with Gasteiger partial charge in [0.1, 0.15) is 16.4 Å². The van der Waals surface area contributed by atoms with Crippen LogP contribution in [0, 0.1) is 5.92 Å². The molecule has 1 heterocycles. The van der Waals surface area contributed by atoms with Crippen LogP contribution in [0.2, 0.25) is 0 Å². The molecular formula is C22H27FIN3O5S. The SMILES string of the molecule is CCOc1cc(NC(=O)C2CCNCC2)ccc1S(=O)(=O)Nc1cccc(OC(C)(F)I)c1. The zero-order valence-corrected chi connectivity index (χ0v) is 21.3. The molecule has 3 rings (SSSR count). The number of carbonyl (C=O) groups is 1. The fourth-order valence-corrected chi connectivity index (χ4v) is 4.88. The highest BCUT2D eigenvalue weighted by molar-refractivity contribution is 14.1. The molecule has 11 heteroatoms. The predicted molar refractivity (Wildman–Crippen MR) is 133 cm³/mol. The number of hydrogen-bond acceptors (Lipinski definition) is 6. The van der Waals surface area contributed by atoms with Gasteiger partial charge in [-0.2, -0.15) is 4.39 Å². The van der Waals surface area contributed by atoms with Gasteiger partial charge in [-0.15, -0.1) is 0 Å². The third-order valence-corrected chi connectivity index (χ3v) is 6.53. The topological polar surface area (TPSA) is 106 Å². The molecule has 8 nitrogen and oxygen atoms in total. The number of benzene rings is 2. The van der Waals surface area contributed by atoms with Crippen molar-refractivity contribution in [2.75, 3.05) is 29.7 Å². The van der Waals surface area contributed by atoms with Crippen LogP contribution in [0.15, 0.2) is 47.4 Å². The zero-order chi connectivity index (χ0) is 24.1. The fraction of sp³-hybridized carbons (Fsp3) is 0.409. The second-order valence-electron chi connectivity index (χ2n) is 7.65. The van der Waals surface area contributed by atoms with Crippen molar-refractivity contribution in [2.45, 2.75) is 35.4 Å². The summed E-state index contributed by atoms with van der Waals surface area (Å²) in [5.74, 6) is 0.106. The van der Waals surface area contributed by atoms with Crippen molar-refractivity contribution in [1.29, 1.82) is 0 Å². The van der Waals surface area contributed by atoms with Gasteiger partial charge in [-0.05, 0) is 57.1 Å². The maximum Gasteiger partial charge on any atom is 0.295 e. The first-order valence-corrected chi connectivity index (χ1v) is 13.1. The van der Waals surface area contributed by atoms with E-state index in [9.17, 15) is 17.6 Å². The van der Waals surface area contributed by atoms with Crippen LogP contribution in [0.4, 0.5) is 15.8 Å². The Kier molecular flexibility index (Phi) is 8.40. The maximum atomic E-state index is 13.8. The van der Waals surface area contributed by atoms with Crippen LogP contribution >= 0.6 is 22.6 Å². The monoisotopic (exact) mass is 591 g/mol. The van der Waals surface area contributed by atoms with E-state index in [1.165, 1.54) is 65.9 Å². The predicted octanol–water partition coefficient (Wildman–Crippen LogP) is 4.28. The van der Waals surface area contributed by atoms with Gasteiger partial charge in [-0.1, -0.05) is 6.07 Å². The van der Waals surface area contributed by atoms with Crippen LogP contribution in [-0.4, -0.2) is 37.9 Å². The Hall–Kier alpha value is -2.12. The molecule has 1 amide bonds. The third-order valence-electron chi connectivity index (χ3n) is 4.89. The smallest absolute Gasteiger partial charge is 0.295 e. The van der Waals surface area contributed by atoms with E-state index in [0.29, 0.717) is 5.69 Å². The minimum Gasteiger partial charge on any atom is -0.492 e. The highest BCUT2D eigenvalue weighted by Crippen LogP contribution is 2.32.